The van der Waals surface area contributed by atoms with Crippen molar-refractivity contribution in [3.8, 4) is 66.8 Å². The van der Waals surface area contributed by atoms with Crippen LogP contribution in [-0.2, 0) is 0 Å². The molecule has 0 aliphatic carbocycles. The molecule has 63 heavy (non-hydrogen) atoms. The molecule has 3 nitrogen and oxygen atoms in total. The molecule has 0 amide bonds. The van der Waals surface area contributed by atoms with Gasteiger partial charge in [0.15, 0.2) is 0 Å². The third-order valence-corrected chi connectivity index (χ3v) is 13.1. The Balaban J connectivity index is 1.07. The van der Waals surface area contributed by atoms with Crippen molar-refractivity contribution in [2.24, 2.45) is 0 Å². The van der Waals surface area contributed by atoms with Gasteiger partial charge in [-0.1, -0.05) is 182 Å². The zero-order valence-corrected chi connectivity index (χ0v) is 34.3. The first-order valence-corrected chi connectivity index (χ1v) is 21.7. The Morgan fingerprint density at radius 2 is 0.429 bits per heavy atom. The minimum absolute atomic E-state index is 1.14. The van der Waals surface area contributed by atoms with Gasteiger partial charge in [0.05, 0.1) is 16.6 Å². The molecule has 0 atom stereocenters. The van der Waals surface area contributed by atoms with Crippen LogP contribution in [0.5, 0.6) is 0 Å². The molecule has 10 aromatic carbocycles. The third kappa shape index (κ3) is 5.60. The molecule has 3 heterocycles. The highest BCUT2D eigenvalue weighted by molar-refractivity contribution is 6.15. The van der Waals surface area contributed by atoms with Crippen LogP contribution in [0.2, 0.25) is 0 Å². The SMILES string of the molecule is c1ccc(-c2cccc3c2[nH]c2ccccc23)c(-c2cc(-c3ccccc3-c3cccc4c3[nH]c3ccccc34)cc(-c3ccccc3-c3cccc4c3[nH]c3ccccc34)c2)c1. The number of hydrogen-bond donors (Lipinski definition) is 3. The maximum atomic E-state index is 3.79. The number of rotatable bonds is 6. The number of fused-ring (bicyclic) bond motifs is 9. The number of nitrogens with one attached hydrogen (secondary N) is 3. The van der Waals surface area contributed by atoms with Crippen molar-refractivity contribution in [1.82, 2.24) is 15.0 Å². The number of benzene rings is 10. The Labute approximate surface area is 363 Å². The van der Waals surface area contributed by atoms with Crippen LogP contribution < -0.4 is 0 Å². The molecule has 3 aromatic heterocycles. The molecule has 0 radical (unpaired) electrons. The first-order valence-electron chi connectivity index (χ1n) is 21.7. The van der Waals surface area contributed by atoms with Crippen LogP contribution in [0.4, 0.5) is 0 Å². The fourth-order valence-corrected chi connectivity index (χ4v) is 10.3. The minimum atomic E-state index is 1.14. The number of para-hydroxylation sites is 6. The van der Waals surface area contributed by atoms with E-state index in [2.05, 4.69) is 233 Å². The number of aromatic nitrogens is 3. The van der Waals surface area contributed by atoms with Crippen LogP contribution in [-0.4, -0.2) is 15.0 Å². The van der Waals surface area contributed by atoms with Crippen LogP contribution in [0.25, 0.3) is 132 Å². The lowest BCUT2D eigenvalue weighted by molar-refractivity contribution is 1.51. The van der Waals surface area contributed by atoms with Crippen LogP contribution in [0.15, 0.2) is 218 Å². The molecule has 3 N–H and O–H groups in total. The Morgan fingerprint density at radius 3 is 0.746 bits per heavy atom. The van der Waals surface area contributed by atoms with E-state index in [-0.39, 0.29) is 0 Å². The second-order valence-corrected chi connectivity index (χ2v) is 16.6. The molecule has 0 fully saturated rings. The van der Waals surface area contributed by atoms with Gasteiger partial charge in [-0.15, -0.1) is 0 Å². The number of H-pyrrole nitrogens is 3. The summed E-state index contributed by atoms with van der Waals surface area (Å²) in [5.74, 6) is 0. The minimum Gasteiger partial charge on any atom is -0.354 e. The average Bonchev–Trinajstić information content (AvgIpc) is 4.06. The Kier molecular flexibility index (Phi) is 7.91. The molecule has 13 rings (SSSR count). The van der Waals surface area contributed by atoms with Crippen LogP contribution >= 0.6 is 0 Å². The second kappa shape index (κ2) is 14.1. The Bertz CT molecular complexity index is 3510. The summed E-state index contributed by atoms with van der Waals surface area (Å²) in [6.45, 7) is 0. The van der Waals surface area contributed by atoms with E-state index < -0.39 is 0 Å². The fourth-order valence-electron chi connectivity index (χ4n) is 10.3. The summed E-state index contributed by atoms with van der Waals surface area (Å²) in [5.41, 5.74) is 21.0. The van der Waals surface area contributed by atoms with Gasteiger partial charge in [0.1, 0.15) is 0 Å². The quantitative estimate of drug-likeness (QED) is 0.150. The van der Waals surface area contributed by atoms with E-state index >= 15 is 0 Å². The fraction of sp³-hybridized carbons (Fsp3) is 0. The van der Waals surface area contributed by atoms with Crippen molar-refractivity contribution >= 4 is 65.4 Å². The molecule has 0 bridgehead atoms. The van der Waals surface area contributed by atoms with Gasteiger partial charge in [-0.2, -0.15) is 0 Å². The highest BCUT2D eigenvalue weighted by Crippen LogP contribution is 2.45. The lowest BCUT2D eigenvalue weighted by Gasteiger charge is -2.18. The molecular formula is C60H39N3. The van der Waals surface area contributed by atoms with Gasteiger partial charge in [-0.3, -0.25) is 0 Å². The van der Waals surface area contributed by atoms with Gasteiger partial charge >= 0.3 is 0 Å². The van der Waals surface area contributed by atoms with E-state index in [0.717, 1.165) is 49.8 Å². The van der Waals surface area contributed by atoms with E-state index in [1.165, 1.54) is 82.4 Å². The summed E-state index contributed by atoms with van der Waals surface area (Å²) in [7, 11) is 0. The largest absolute Gasteiger partial charge is 0.354 e. The Hall–Kier alpha value is -8.40. The van der Waals surface area contributed by atoms with Crippen LogP contribution in [0, 0.1) is 0 Å². The van der Waals surface area contributed by atoms with Crippen molar-refractivity contribution in [2.45, 2.75) is 0 Å². The second-order valence-electron chi connectivity index (χ2n) is 16.6. The highest BCUT2D eigenvalue weighted by Gasteiger charge is 2.20. The van der Waals surface area contributed by atoms with Gasteiger partial charge in [-0.25, -0.2) is 0 Å². The van der Waals surface area contributed by atoms with Crippen molar-refractivity contribution in [3.05, 3.63) is 218 Å². The van der Waals surface area contributed by atoms with E-state index in [1.807, 2.05) is 0 Å². The molecule has 0 saturated carbocycles. The van der Waals surface area contributed by atoms with E-state index in [1.54, 1.807) is 0 Å². The number of aromatic amines is 3. The van der Waals surface area contributed by atoms with Crippen molar-refractivity contribution < 1.29 is 0 Å². The first kappa shape index (κ1) is 35.4. The van der Waals surface area contributed by atoms with Gasteiger partial charge in [0, 0.05) is 65.6 Å². The predicted octanol–water partition coefficient (Wildman–Crippen LogP) is 16.6. The lowest BCUT2D eigenvalue weighted by atomic mass is 9.85. The van der Waals surface area contributed by atoms with E-state index in [4.69, 9.17) is 0 Å². The summed E-state index contributed by atoms with van der Waals surface area (Å²) in [6, 6.07) is 79.7. The summed E-state index contributed by atoms with van der Waals surface area (Å²) < 4.78 is 0. The monoisotopic (exact) mass is 801 g/mol. The smallest absolute Gasteiger partial charge is 0.0544 e. The predicted molar refractivity (Wildman–Crippen MR) is 267 cm³/mol. The highest BCUT2D eigenvalue weighted by atomic mass is 14.7. The van der Waals surface area contributed by atoms with Crippen molar-refractivity contribution in [2.75, 3.05) is 0 Å². The summed E-state index contributed by atoms with van der Waals surface area (Å²) in [4.78, 5) is 11.4. The molecule has 0 aliphatic rings. The van der Waals surface area contributed by atoms with E-state index in [9.17, 15) is 0 Å². The first-order chi connectivity index (χ1) is 31.2. The topological polar surface area (TPSA) is 47.4 Å². The maximum absolute atomic E-state index is 3.79. The summed E-state index contributed by atoms with van der Waals surface area (Å²) in [6.07, 6.45) is 0. The molecule has 0 spiro atoms. The normalized spacial score (nSPS) is 11.8. The Morgan fingerprint density at radius 1 is 0.190 bits per heavy atom. The van der Waals surface area contributed by atoms with Gasteiger partial charge in [0.2, 0.25) is 0 Å². The van der Waals surface area contributed by atoms with Gasteiger partial charge in [-0.05, 0) is 86.5 Å². The van der Waals surface area contributed by atoms with Gasteiger partial charge in [0.25, 0.3) is 0 Å². The van der Waals surface area contributed by atoms with E-state index in [0.29, 0.717) is 0 Å². The molecule has 294 valence electrons. The molecular weight excluding hydrogens is 763 g/mol. The van der Waals surface area contributed by atoms with Crippen LogP contribution in [0.3, 0.4) is 0 Å². The summed E-state index contributed by atoms with van der Waals surface area (Å²) >= 11 is 0. The molecule has 0 unspecified atom stereocenters. The summed E-state index contributed by atoms with van der Waals surface area (Å²) in [5, 5.41) is 7.39. The number of hydrogen-bond acceptors (Lipinski definition) is 0. The molecule has 0 saturated heterocycles. The average molecular weight is 802 g/mol. The molecule has 13 aromatic rings. The zero-order chi connectivity index (χ0) is 41.4. The maximum Gasteiger partial charge on any atom is 0.0544 e. The molecule has 3 heteroatoms. The van der Waals surface area contributed by atoms with Crippen molar-refractivity contribution in [1.29, 1.82) is 0 Å². The van der Waals surface area contributed by atoms with Gasteiger partial charge < -0.3 is 15.0 Å². The third-order valence-electron chi connectivity index (χ3n) is 13.1. The lowest BCUT2D eigenvalue weighted by Crippen LogP contribution is -1.93. The van der Waals surface area contributed by atoms with Crippen molar-refractivity contribution in [3.63, 3.8) is 0 Å². The zero-order valence-electron chi connectivity index (χ0n) is 34.3. The van der Waals surface area contributed by atoms with Crippen LogP contribution in [0.1, 0.15) is 0 Å². The standard InChI is InChI=1S/C60H39N3/c1-4-19-43(49-25-13-28-52-46-22-7-10-31-55(46)61-58(49)52)40(16-1)37-34-38(41-17-2-5-20-44(41)50-26-14-29-53-47-23-8-11-32-56(47)62-59(50)53)36-39(35-37)42-18-3-6-21-45(42)51-27-15-30-54-48-24-9-12-33-57(48)63-60(51)54/h1-36,61-63H. The molecule has 0 aliphatic heterocycles.